The van der Waals surface area contributed by atoms with E-state index >= 15 is 0 Å². The summed E-state index contributed by atoms with van der Waals surface area (Å²) in [5.74, 6) is 0.126. The quantitative estimate of drug-likeness (QED) is 0.778. The number of carboxylic acid groups (broad SMARTS) is 1. The predicted molar refractivity (Wildman–Crippen MR) is 108 cm³/mol. The van der Waals surface area contributed by atoms with Gasteiger partial charge in [0.1, 0.15) is 0 Å². The monoisotopic (exact) mass is 408 g/mol. The molecule has 0 aromatic heterocycles. The zero-order valence-corrected chi connectivity index (χ0v) is 16.8. The van der Waals surface area contributed by atoms with Crippen LogP contribution in [0.1, 0.15) is 22.6 Å². The summed E-state index contributed by atoms with van der Waals surface area (Å²) in [4.78, 5) is 15.0. The Morgan fingerprint density at radius 3 is 2.63 bits per heavy atom. The molecule has 1 atom stereocenters. The number of anilines is 1. The summed E-state index contributed by atoms with van der Waals surface area (Å²) in [5.41, 5.74) is 3.95. The van der Waals surface area contributed by atoms with Crippen LogP contribution >= 0.6 is 23.2 Å². The van der Waals surface area contributed by atoms with E-state index in [2.05, 4.69) is 11.9 Å². The Morgan fingerprint density at radius 2 is 2.00 bits per heavy atom. The number of ether oxygens (including phenoxy) is 1. The van der Waals surface area contributed by atoms with Crippen LogP contribution in [-0.4, -0.2) is 50.0 Å². The lowest BCUT2D eigenvalue weighted by Crippen LogP contribution is -2.33. The molecule has 0 fully saturated rings. The van der Waals surface area contributed by atoms with Gasteiger partial charge in [0.15, 0.2) is 0 Å². The topological polar surface area (TPSA) is 53.0 Å². The van der Waals surface area contributed by atoms with E-state index < -0.39 is 6.09 Å². The molecule has 1 heterocycles. The molecule has 0 saturated carbocycles. The molecular weight excluding hydrogens is 387 g/mol. The van der Waals surface area contributed by atoms with Gasteiger partial charge in [-0.05, 0) is 48.0 Å². The van der Waals surface area contributed by atoms with Crippen molar-refractivity contribution in [2.75, 3.05) is 38.8 Å². The van der Waals surface area contributed by atoms with Gasteiger partial charge in [-0.3, -0.25) is 4.90 Å². The van der Waals surface area contributed by atoms with Crippen LogP contribution in [0.15, 0.2) is 36.4 Å². The number of hydrogen-bond donors (Lipinski definition) is 1. The first-order valence-corrected chi connectivity index (χ1v) is 9.42. The molecule has 2 aromatic carbocycles. The van der Waals surface area contributed by atoms with E-state index in [1.807, 2.05) is 30.3 Å². The third-order valence-electron chi connectivity index (χ3n) is 4.85. The van der Waals surface area contributed by atoms with Crippen LogP contribution in [-0.2, 0) is 11.3 Å². The first-order chi connectivity index (χ1) is 12.9. The van der Waals surface area contributed by atoms with E-state index in [0.717, 1.165) is 29.8 Å². The van der Waals surface area contributed by atoms with Gasteiger partial charge in [-0.1, -0.05) is 35.3 Å². The molecule has 5 nitrogen and oxygen atoms in total. The highest BCUT2D eigenvalue weighted by atomic mass is 35.5. The third-order valence-corrected chi connectivity index (χ3v) is 5.40. The molecule has 144 valence electrons. The number of methoxy groups -OCH3 is 1. The fraction of sp³-hybridized carbons (Fsp3) is 0.350. The molecule has 0 bridgehead atoms. The van der Waals surface area contributed by atoms with E-state index in [1.54, 1.807) is 13.2 Å². The highest BCUT2D eigenvalue weighted by Gasteiger charge is 2.27. The number of amides is 1. The smallest absolute Gasteiger partial charge is 0.411 e. The molecule has 1 aliphatic heterocycles. The SMILES string of the molecule is COCCN(C(=O)O)c1ccc([C@H]2CN(C)Cc3c(Cl)cc(Cl)cc32)cc1. The minimum Gasteiger partial charge on any atom is -0.465 e. The lowest BCUT2D eigenvalue weighted by Gasteiger charge is -2.33. The average molecular weight is 409 g/mol. The summed E-state index contributed by atoms with van der Waals surface area (Å²) in [6.45, 7) is 2.25. The van der Waals surface area contributed by atoms with Crippen molar-refractivity contribution in [2.24, 2.45) is 0 Å². The minimum atomic E-state index is -0.999. The summed E-state index contributed by atoms with van der Waals surface area (Å²) >= 11 is 12.7. The van der Waals surface area contributed by atoms with Crippen LogP contribution in [0.4, 0.5) is 10.5 Å². The van der Waals surface area contributed by atoms with Gasteiger partial charge in [-0.15, -0.1) is 0 Å². The van der Waals surface area contributed by atoms with Crippen molar-refractivity contribution in [3.8, 4) is 0 Å². The maximum absolute atomic E-state index is 11.5. The van der Waals surface area contributed by atoms with Crippen molar-refractivity contribution in [2.45, 2.75) is 12.5 Å². The van der Waals surface area contributed by atoms with Gasteiger partial charge in [-0.2, -0.15) is 0 Å². The van der Waals surface area contributed by atoms with Crippen LogP contribution in [0, 0.1) is 0 Å². The van der Waals surface area contributed by atoms with Crippen molar-refractivity contribution in [3.63, 3.8) is 0 Å². The number of hydrogen-bond acceptors (Lipinski definition) is 3. The fourth-order valence-electron chi connectivity index (χ4n) is 3.53. The van der Waals surface area contributed by atoms with E-state index in [9.17, 15) is 9.90 Å². The second-order valence-electron chi connectivity index (χ2n) is 6.72. The van der Waals surface area contributed by atoms with Crippen LogP contribution < -0.4 is 4.90 Å². The molecule has 7 heteroatoms. The molecule has 27 heavy (non-hydrogen) atoms. The summed E-state index contributed by atoms with van der Waals surface area (Å²) in [5, 5.41) is 10.7. The van der Waals surface area contributed by atoms with Gasteiger partial charge < -0.3 is 14.7 Å². The highest BCUT2D eigenvalue weighted by Crippen LogP contribution is 2.38. The molecule has 1 aliphatic rings. The van der Waals surface area contributed by atoms with Crippen LogP contribution in [0.3, 0.4) is 0 Å². The van der Waals surface area contributed by atoms with Gasteiger partial charge in [-0.25, -0.2) is 4.79 Å². The zero-order chi connectivity index (χ0) is 19.6. The molecule has 1 N–H and O–H groups in total. The van der Waals surface area contributed by atoms with Gasteiger partial charge in [0.2, 0.25) is 0 Å². The second-order valence-corrected chi connectivity index (χ2v) is 7.57. The maximum Gasteiger partial charge on any atom is 0.411 e. The number of rotatable bonds is 5. The standard InChI is InChI=1S/C20H22Cl2N2O3/c1-23-11-17(16-9-14(21)10-19(22)18(16)12-23)13-3-5-15(6-4-13)24(20(25)26)7-8-27-2/h3-6,9-10,17H,7-8,11-12H2,1-2H3,(H,25,26)/t17-/m1/s1. The largest absolute Gasteiger partial charge is 0.465 e. The average Bonchev–Trinajstić information content (AvgIpc) is 2.62. The molecular formula is C20H22Cl2N2O3. The van der Waals surface area contributed by atoms with Crippen molar-refractivity contribution in [3.05, 3.63) is 63.1 Å². The Labute approximate surface area is 169 Å². The van der Waals surface area contributed by atoms with Crippen molar-refractivity contribution < 1.29 is 14.6 Å². The summed E-state index contributed by atoms with van der Waals surface area (Å²) in [6.07, 6.45) is -0.999. The molecule has 1 amide bonds. The maximum atomic E-state index is 11.5. The number of halogens is 2. The Bertz CT molecular complexity index is 827. The van der Waals surface area contributed by atoms with Crippen molar-refractivity contribution >= 4 is 35.0 Å². The number of benzene rings is 2. The van der Waals surface area contributed by atoms with Crippen molar-refractivity contribution in [1.82, 2.24) is 4.90 Å². The minimum absolute atomic E-state index is 0.126. The predicted octanol–water partition coefficient (Wildman–Crippen LogP) is 4.70. The third kappa shape index (κ3) is 4.38. The molecule has 2 aromatic rings. The van der Waals surface area contributed by atoms with Crippen molar-refractivity contribution in [1.29, 1.82) is 0 Å². The van der Waals surface area contributed by atoms with Gasteiger partial charge in [0, 0.05) is 41.8 Å². The Balaban J connectivity index is 1.93. The van der Waals surface area contributed by atoms with E-state index in [1.165, 1.54) is 4.90 Å². The van der Waals surface area contributed by atoms with Crippen LogP contribution in [0.2, 0.25) is 10.0 Å². The molecule has 0 spiro atoms. The highest BCUT2D eigenvalue weighted by molar-refractivity contribution is 6.35. The van der Waals surface area contributed by atoms with E-state index in [-0.39, 0.29) is 12.5 Å². The number of fused-ring (bicyclic) bond motifs is 1. The van der Waals surface area contributed by atoms with E-state index in [4.69, 9.17) is 27.9 Å². The molecule has 0 saturated heterocycles. The summed E-state index contributed by atoms with van der Waals surface area (Å²) in [7, 11) is 3.61. The lowest BCUT2D eigenvalue weighted by atomic mass is 9.84. The zero-order valence-electron chi connectivity index (χ0n) is 15.3. The Kier molecular flexibility index (Phi) is 6.27. The summed E-state index contributed by atoms with van der Waals surface area (Å²) in [6, 6.07) is 11.4. The van der Waals surface area contributed by atoms with Crippen LogP contribution in [0.25, 0.3) is 0 Å². The normalized spacial score (nSPS) is 16.8. The summed E-state index contributed by atoms with van der Waals surface area (Å²) < 4.78 is 5.00. The molecule has 0 radical (unpaired) electrons. The number of nitrogens with zero attached hydrogens (tertiary/aromatic N) is 2. The Morgan fingerprint density at radius 1 is 1.30 bits per heavy atom. The first kappa shape index (κ1) is 20.0. The second kappa shape index (κ2) is 8.48. The van der Waals surface area contributed by atoms with E-state index in [0.29, 0.717) is 22.3 Å². The Hall–Kier alpha value is -1.79. The van der Waals surface area contributed by atoms with Gasteiger partial charge in [0.25, 0.3) is 0 Å². The van der Waals surface area contributed by atoms with Gasteiger partial charge in [0.05, 0.1) is 13.2 Å². The number of carbonyl (C=O) groups is 1. The first-order valence-electron chi connectivity index (χ1n) is 8.66. The number of likely N-dealkylation sites (N-methyl/N-ethyl adjacent to an activating group) is 1. The molecule has 0 unspecified atom stereocenters. The molecule has 0 aliphatic carbocycles. The fourth-order valence-corrected chi connectivity index (χ4v) is 4.10. The lowest BCUT2D eigenvalue weighted by molar-refractivity contribution is 0.186. The van der Waals surface area contributed by atoms with Crippen LogP contribution in [0.5, 0.6) is 0 Å². The van der Waals surface area contributed by atoms with Gasteiger partial charge >= 0.3 is 6.09 Å². The molecule has 3 rings (SSSR count).